The van der Waals surface area contributed by atoms with Crippen molar-refractivity contribution < 1.29 is 17.6 Å². The Morgan fingerprint density at radius 2 is 1.78 bits per heavy atom. The van der Waals surface area contributed by atoms with Crippen LogP contribution in [0.2, 0.25) is 0 Å². The lowest BCUT2D eigenvalue weighted by molar-refractivity contribution is -0.121. The van der Waals surface area contributed by atoms with Gasteiger partial charge < -0.3 is 0 Å². The highest BCUT2D eigenvalue weighted by Crippen LogP contribution is 2.34. The van der Waals surface area contributed by atoms with Crippen molar-refractivity contribution in [3.05, 3.63) is 83.5 Å². The largest absolute Gasteiger partial charge is 0.284 e. The van der Waals surface area contributed by atoms with Crippen LogP contribution in [0.1, 0.15) is 5.56 Å². The maximum atomic E-state index is 13.9. The topological polar surface area (TPSA) is 66.8 Å². The summed E-state index contributed by atoms with van der Waals surface area (Å²) in [5, 5.41) is 0.00587. The van der Waals surface area contributed by atoms with Crippen molar-refractivity contribution in [1.82, 2.24) is 4.90 Å². The molecule has 1 heterocycles. The molecular formula is C19H15FN2O3S2. The first-order chi connectivity index (χ1) is 12.9. The van der Waals surface area contributed by atoms with Gasteiger partial charge in [-0.1, -0.05) is 42.5 Å². The van der Waals surface area contributed by atoms with Gasteiger partial charge in [-0.2, -0.15) is 8.42 Å². The molecule has 1 amide bonds. The minimum absolute atomic E-state index is 0.00587. The van der Waals surface area contributed by atoms with Gasteiger partial charge in [0.15, 0.2) is 5.17 Å². The Balaban J connectivity index is 2.01. The zero-order valence-electron chi connectivity index (χ0n) is 14.1. The van der Waals surface area contributed by atoms with Gasteiger partial charge in [0.05, 0.1) is 9.80 Å². The molecule has 5 nitrogen and oxygen atoms in total. The lowest BCUT2D eigenvalue weighted by Crippen LogP contribution is -2.29. The van der Waals surface area contributed by atoms with Crippen molar-refractivity contribution in [2.24, 2.45) is 4.40 Å². The predicted molar refractivity (Wildman–Crippen MR) is 105 cm³/mol. The Morgan fingerprint density at radius 3 is 2.44 bits per heavy atom. The van der Waals surface area contributed by atoms with Gasteiger partial charge in [-0.15, -0.1) is 11.0 Å². The van der Waals surface area contributed by atoms with Crippen LogP contribution in [0.25, 0.3) is 6.08 Å². The van der Waals surface area contributed by atoms with E-state index in [1.54, 1.807) is 30.3 Å². The molecule has 0 N–H and O–H groups in total. The second-order valence-electron chi connectivity index (χ2n) is 5.50. The second kappa shape index (κ2) is 7.89. The fourth-order valence-corrected chi connectivity index (χ4v) is 4.55. The van der Waals surface area contributed by atoms with Gasteiger partial charge in [-0.05, 0) is 36.0 Å². The molecule has 0 spiro atoms. The first kappa shape index (κ1) is 19.1. The fraction of sp³-hybridized carbons (Fsp3) is 0.0526. The van der Waals surface area contributed by atoms with Crippen molar-refractivity contribution in [2.45, 2.75) is 4.90 Å². The summed E-state index contributed by atoms with van der Waals surface area (Å²) in [5.74, 6) is -0.930. The number of benzene rings is 2. The van der Waals surface area contributed by atoms with Crippen LogP contribution < -0.4 is 0 Å². The molecular weight excluding hydrogens is 387 g/mol. The third kappa shape index (κ3) is 4.17. The first-order valence-electron chi connectivity index (χ1n) is 7.89. The average molecular weight is 402 g/mol. The standard InChI is InChI=1S/C19H15FN2O3S2/c1-2-12-22-18(23)17(13-14-8-6-7-11-16(14)20)26-19(22)21-27(24,25)15-9-4-3-5-10-15/h2-11,13H,1,12H2/b17-13+,21-19?. The molecule has 1 aliphatic rings. The summed E-state index contributed by atoms with van der Waals surface area (Å²) in [6, 6.07) is 13.7. The van der Waals surface area contributed by atoms with Gasteiger partial charge in [-0.25, -0.2) is 4.39 Å². The maximum Gasteiger partial charge on any atom is 0.284 e. The molecule has 2 aromatic carbocycles. The van der Waals surface area contributed by atoms with Crippen LogP contribution in [0.15, 0.2) is 81.5 Å². The van der Waals surface area contributed by atoms with E-state index < -0.39 is 21.7 Å². The average Bonchev–Trinajstić information content (AvgIpc) is 2.93. The maximum absolute atomic E-state index is 13.9. The van der Waals surface area contributed by atoms with Crippen molar-refractivity contribution >= 4 is 38.9 Å². The molecule has 0 bridgehead atoms. The zero-order valence-corrected chi connectivity index (χ0v) is 15.7. The van der Waals surface area contributed by atoms with E-state index in [1.807, 2.05) is 0 Å². The molecule has 1 aliphatic heterocycles. The molecule has 27 heavy (non-hydrogen) atoms. The zero-order chi connectivity index (χ0) is 19.4. The minimum Gasteiger partial charge on any atom is -0.282 e. The number of nitrogens with zero attached hydrogens (tertiary/aromatic N) is 2. The molecule has 8 heteroatoms. The molecule has 0 aromatic heterocycles. The molecule has 1 fully saturated rings. The van der Waals surface area contributed by atoms with E-state index in [4.69, 9.17) is 0 Å². The monoisotopic (exact) mass is 402 g/mol. The normalized spacial score (nSPS) is 17.7. The molecule has 138 valence electrons. The van der Waals surface area contributed by atoms with Crippen LogP contribution in [0.3, 0.4) is 0 Å². The first-order valence-corrected chi connectivity index (χ1v) is 10.1. The summed E-state index contributed by atoms with van der Waals surface area (Å²) >= 11 is 0.886. The van der Waals surface area contributed by atoms with Crippen molar-refractivity contribution in [3.63, 3.8) is 0 Å². The molecule has 1 saturated heterocycles. The molecule has 0 saturated carbocycles. The summed E-state index contributed by atoms with van der Waals surface area (Å²) in [6.45, 7) is 3.67. The van der Waals surface area contributed by atoms with Crippen LogP contribution in [0.5, 0.6) is 0 Å². The third-order valence-corrected chi connectivity index (χ3v) is 6.03. The van der Waals surface area contributed by atoms with E-state index in [0.29, 0.717) is 0 Å². The lowest BCUT2D eigenvalue weighted by atomic mass is 10.2. The summed E-state index contributed by atoms with van der Waals surface area (Å²) in [7, 11) is -3.99. The quantitative estimate of drug-likeness (QED) is 0.565. The number of amidine groups is 1. The number of halogens is 1. The van der Waals surface area contributed by atoms with Gasteiger partial charge in [-0.3, -0.25) is 9.69 Å². The van der Waals surface area contributed by atoms with Crippen molar-refractivity contribution in [2.75, 3.05) is 6.54 Å². The number of carbonyl (C=O) groups is 1. The summed E-state index contributed by atoms with van der Waals surface area (Å²) in [5.41, 5.74) is 0.235. The summed E-state index contributed by atoms with van der Waals surface area (Å²) in [6.07, 6.45) is 2.85. The highest BCUT2D eigenvalue weighted by atomic mass is 32.2. The number of rotatable bonds is 5. The Morgan fingerprint density at radius 1 is 1.11 bits per heavy atom. The highest BCUT2D eigenvalue weighted by Gasteiger charge is 2.34. The van der Waals surface area contributed by atoms with Crippen LogP contribution >= 0.6 is 11.8 Å². The molecule has 2 aromatic rings. The highest BCUT2D eigenvalue weighted by molar-refractivity contribution is 8.19. The molecule has 0 atom stereocenters. The Bertz CT molecular complexity index is 1050. The minimum atomic E-state index is -3.99. The number of hydrogen-bond acceptors (Lipinski definition) is 4. The van der Waals surface area contributed by atoms with Crippen LogP contribution in [0.4, 0.5) is 4.39 Å². The van der Waals surface area contributed by atoms with Gasteiger partial charge in [0.25, 0.3) is 15.9 Å². The number of amides is 1. The van der Waals surface area contributed by atoms with Crippen LogP contribution in [0, 0.1) is 5.82 Å². The molecule has 3 rings (SSSR count). The van der Waals surface area contributed by atoms with Gasteiger partial charge in [0.1, 0.15) is 5.82 Å². The van der Waals surface area contributed by atoms with Crippen LogP contribution in [-0.4, -0.2) is 30.9 Å². The lowest BCUT2D eigenvalue weighted by Gasteiger charge is -2.12. The van der Waals surface area contributed by atoms with E-state index in [0.717, 1.165) is 11.8 Å². The van der Waals surface area contributed by atoms with E-state index in [2.05, 4.69) is 11.0 Å². The molecule has 0 unspecified atom stereocenters. The van der Waals surface area contributed by atoms with Crippen LogP contribution in [-0.2, 0) is 14.8 Å². The number of carbonyl (C=O) groups excluding carboxylic acids is 1. The van der Waals surface area contributed by atoms with Gasteiger partial charge in [0.2, 0.25) is 0 Å². The SMILES string of the molecule is C=CCN1C(=O)/C(=C\c2ccccc2F)SC1=NS(=O)(=O)c1ccccc1. The smallest absolute Gasteiger partial charge is 0.282 e. The van der Waals surface area contributed by atoms with E-state index in [1.165, 1.54) is 41.3 Å². The van der Waals surface area contributed by atoms with E-state index in [-0.39, 0.29) is 27.1 Å². The summed E-state index contributed by atoms with van der Waals surface area (Å²) in [4.78, 5) is 14.0. The van der Waals surface area contributed by atoms with E-state index in [9.17, 15) is 17.6 Å². The fourth-order valence-electron chi connectivity index (χ4n) is 2.35. The Kier molecular flexibility index (Phi) is 5.57. The van der Waals surface area contributed by atoms with Gasteiger partial charge >= 0.3 is 0 Å². The number of hydrogen-bond donors (Lipinski definition) is 0. The number of thioether (sulfide) groups is 1. The molecule has 0 aliphatic carbocycles. The van der Waals surface area contributed by atoms with E-state index >= 15 is 0 Å². The Labute approximate surface area is 161 Å². The Hall–Kier alpha value is -2.71. The molecule has 0 radical (unpaired) electrons. The second-order valence-corrected chi connectivity index (χ2v) is 8.11. The number of sulfonamides is 1. The van der Waals surface area contributed by atoms with Crippen molar-refractivity contribution in [3.8, 4) is 0 Å². The van der Waals surface area contributed by atoms with Crippen molar-refractivity contribution in [1.29, 1.82) is 0 Å². The summed E-state index contributed by atoms with van der Waals surface area (Å²) < 4.78 is 42.7. The third-order valence-electron chi connectivity index (χ3n) is 3.63. The van der Waals surface area contributed by atoms with Gasteiger partial charge in [0, 0.05) is 12.1 Å². The predicted octanol–water partition coefficient (Wildman–Crippen LogP) is 3.67.